The highest BCUT2D eigenvalue weighted by atomic mass is 127. The van der Waals surface area contributed by atoms with Crippen LogP contribution in [0.2, 0.25) is 0 Å². The van der Waals surface area contributed by atoms with Gasteiger partial charge >= 0.3 is 0 Å². The van der Waals surface area contributed by atoms with E-state index in [0.717, 1.165) is 42.8 Å². The number of likely N-dealkylation sites (tertiary alicyclic amines) is 1. The fourth-order valence-corrected chi connectivity index (χ4v) is 3.80. The van der Waals surface area contributed by atoms with Crippen LogP contribution in [0.3, 0.4) is 0 Å². The Morgan fingerprint density at radius 2 is 2.16 bits per heavy atom. The fourth-order valence-electron chi connectivity index (χ4n) is 3.07. The Balaban J connectivity index is 0.00000225. The molecule has 2 aromatic rings. The van der Waals surface area contributed by atoms with Gasteiger partial charge in [-0.3, -0.25) is 4.99 Å². The average Bonchev–Trinajstić information content (AvgIpc) is 3.25. The quantitative estimate of drug-likeness (QED) is 0.420. The molecule has 1 aromatic heterocycles. The van der Waals surface area contributed by atoms with Crippen LogP contribution in [0.1, 0.15) is 27.8 Å². The van der Waals surface area contributed by atoms with Crippen molar-refractivity contribution in [2.75, 3.05) is 27.2 Å². The smallest absolute Gasteiger partial charge is 0.194 e. The van der Waals surface area contributed by atoms with Crippen molar-refractivity contribution >= 4 is 41.3 Å². The molecule has 5 nitrogen and oxygen atoms in total. The van der Waals surface area contributed by atoms with E-state index in [1.165, 1.54) is 10.4 Å². The van der Waals surface area contributed by atoms with E-state index in [1.54, 1.807) is 18.4 Å². The predicted octanol–water partition coefficient (Wildman–Crippen LogP) is 3.64. The molecule has 1 aliphatic rings. The molecule has 7 heteroatoms. The van der Waals surface area contributed by atoms with Gasteiger partial charge in [0, 0.05) is 37.1 Å². The lowest BCUT2D eigenvalue weighted by molar-refractivity contribution is 0.414. The Morgan fingerprint density at radius 1 is 1.40 bits per heavy atom. The third kappa shape index (κ3) is 5.07. The number of hydrogen-bond donors (Lipinski definition) is 1. The number of aliphatic imine (C=N–C) groups is 1. The lowest BCUT2D eigenvalue weighted by Crippen LogP contribution is -2.39. The first-order valence-electron chi connectivity index (χ1n) is 8.20. The fraction of sp³-hybridized carbons (Fsp3) is 0.444. The lowest BCUT2D eigenvalue weighted by atomic mass is 9.98. The molecule has 0 spiro atoms. The Hall–Kier alpha value is -1.35. The summed E-state index contributed by atoms with van der Waals surface area (Å²) >= 11 is 1.72. The van der Waals surface area contributed by atoms with E-state index < -0.39 is 0 Å². The minimum absolute atomic E-state index is 0. The average molecular weight is 472 g/mol. The van der Waals surface area contributed by atoms with Crippen molar-refractivity contribution < 1.29 is 4.74 Å². The second-order valence-electron chi connectivity index (χ2n) is 5.97. The Labute approximate surface area is 170 Å². The van der Waals surface area contributed by atoms with Crippen molar-refractivity contribution in [3.05, 3.63) is 45.9 Å². The minimum atomic E-state index is 0. The number of aromatic nitrogens is 1. The van der Waals surface area contributed by atoms with Gasteiger partial charge < -0.3 is 15.0 Å². The van der Waals surface area contributed by atoms with Gasteiger partial charge in [-0.2, -0.15) is 0 Å². The molecule has 1 saturated heterocycles. The molecule has 0 radical (unpaired) electrons. The molecule has 136 valence electrons. The van der Waals surface area contributed by atoms with Crippen LogP contribution in [0, 0.1) is 6.92 Å². The monoisotopic (exact) mass is 472 g/mol. The number of nitrogens with one attached hydrogen (secondary N) is 1. The molecule has 3 rings (SSSR count). The topological polar surface area (TPSA) is 49.8 Å². The van der Waals surface area contributed by atoms with Gasteiger partial charge in [0.05, 0.1) is 13.7 Å². The largest absolute Gasteiger partial charge is 0.497 e. The summed E-state index contributed by atoms with van der Waals surface area (Å²) in [7, 11) is 3.54. The maximum absolute atomic E-state index is 5.24. The van der Waals surface area contributed by atoms with Crippen molar-refractivity contribution in [1.82, 2.24) is 15.2 Å². The van der Waals surface area contributed by atoms with E-state index in [1.807, 2.05) is 25.4 Å². The van der Waals surface area contributed by atoms with Crippen LogP contribution in [0.15, 0.2) is 35.5 Å². The van der Waals surface area contributed by atoms with Gasteiger partial charge in [-0.25, -0.2) is 4.98 Å². The summed E-state index contributed by atoms with van der Waals surface area (Å²) in [5.74, 6) is 2.40. The van der Waals surface area contributed by atoms with Gasteiger partial charge in [0.25, 0.3) is 0 Å². The summed E-state index contributed by atoms with van der Waals surface area (Å²) in [4.78, 5) is 12.4. The van der Waals surface area contributed by atoms with Crippen molar-refractivity contribution in [3.63, 3.8) is 0 Å². The first-order chi connectivity index (χ1) is 11.7. The van der Waals surface area contributed by atoms with Gasteiger partial charge in [0.1, 0.15) is 10.8 Å². The van der Waals surface area contributed by atoms with E-state index in [-0.39, 0.29) is 24.0 Å². The summed E-state index contributed by atoms with van der Waals surface area (Å²) in [6, 6.07) is 8.41. The SMILES string of the molecule is CN=C(NCc1ncc(C)s1)N1CCC(c2ccc(OC)cc2)C1.I. The van der Waals surface area contributed by atoms with Gasteiger partial charge in [-0.15, -0.1) is 35.3 Å². The van der Waals surface area contributed by atoms with Crippen LogP contribution in [0.5, 0.6) is 5.75 Å². The zero-order valence-corrected chi connectivity index (χ0v) is 18.0. The van der Waals surface area contributed by atoms with Crippen LogP contribution < -0.4 is 10.1 Å². The second kappa shape index (κ2) is 9.38. The molecule has 1 atom stereocenters. The van der Waals surface area contributed by atoms with Crippen LogP contribution in [-0.4, -0.2) is 43.1 Å². The molecule has 25 heavy (non-hydrogen) atoms. The van der Waals surface area contributed by atoms with E-state index in [4.69, 9.17) is 4.74 Å². The molecule has 0 amide bonds. The predicted molar refractivity (Wildman–Crippen MR) is 114 cm³/mol. The van der Waals surface area contributed by atoms with E-state index >= 15 is 0 Å². The molecular weight excluding hydrogens is 447 g/mol. The first-order valence-corrected chi connectivity index (χ1v) is 9.02. The Kier molecular flexibility index (Phi) is 7.49. The standard InChI is InChI=1S/C18H24N4OS.HI/c1-13-10-20-17(24-13)11-21-18(19-2)22-9-8-15(12-22)14-4-6-16(23-3)7-5-14;/h4-7,10,15H,8-9,11-12H2,1-3H3,(H,19,21);1H. The van der Waals surface area contributed by atoms with Crippen LogP contribution in [0.25, 0.3) is 0 Å². The highest BCUT2D eigenvalue weighted by Gasteiger charge is 2.26. The molecule has 0 aliphatic carbocycles. The number of guanidine groups is 1. The number of rotatable bonds is 4. The number of ether oxygens (including phenoxy) is 1. The third-order valence-electron chi connectivity index (χ3n) is 4.35. The molecular formula is C18H25IN4OS. The lowest BCUT2D eigenvalue weighted by Gasteiger charge is -2.21. The number of benzene rings is 1. The van der Waals surface area contributed by atoms with E-state index in [2.05, 4.69) is 39.2 Å². The minimum Gasteiger partial charge on any atom is -0.497 e. The number of thiazole rings is 1. The molecule has 1 N–H and O–H groups in total. The number of aryl methyl sites for hydroxylation is 1. The van der Waals surface area contributed by atoms with E-state index in [9.17, 15) is 0 Å². The highest BCUT2D eigenvalue weighted by Crippen LogP contribution is 2.28. The first kappa shape index (κ1) is 20.0. The van der Waals surface area contributed by atoms with Crippen LogP contribution >= 0.6 is 35.3 Å². The molecule has 1 unspecified atom stereocenters. The van der Waals surface area contributed by atoms with Crippen LogP contribution in [0.4, 0.5) is 0 Å². The summed E-state index contributed by atoms with van der Waals surface area (Å²) in [6.07, 6.45) is 3.06. The van der Waals surface area contributed by atoms with Crippen molar-refractivity contribution in [2.24, 2.45) is 4.99 Å². The van der Waals surface area contributed by atoms with Crippen LogP contribution in [-0.2, 0) is 6.54 Å². The Bertz CT molecular complexity index is 701. The molecule has 0 bridgehead atoms. The summed E-state index contributed by atoms with van der Waals surface area (Å²) in [5, 5.41) is 4.53. The maximum atomic E-state index is 5.24. The zero-order valence-electron chi connectivity index (χ0n) is 14.9. The Morgan fingerprint density at radius 3 is 2.76 bits per heavy atom. The van der Waals surface area contributed by atoms with Crippen molar-refractivity contribution in [2.45, 2.75) is 25.8 Å². The van der Waals surface area contributed by atoms with E-state index in [0.29, 0.717) is 5.92 Å². The molecule has 0 saturated carbocycles. The third-order valence-corrected chi connectivity index (χ3v) is 5.27. The normalized spacial score (nSPS) is 17.3. The van der Waals surface area contributed by atoms with Crippen molar-refractivity contribution in [1.29, 1.82) is 0 Å². The summed E-state index contributed by atoms with van der Waals surface area (Å²) in [5.41, 5.74) is 1.37. The van der Waals surface area contributed by atoms with Crippen molar-refractivity contribution in [3.8, 4) is 5.75 Å². The highest BCUT2D eigenvalue weighted by molar-refractivity contribution is 14.0. The molecule has 1 aromatic carbocycles. The molecule has 1 aliphatic heterocycles. The second-order valence-corrected chi connectivity index (χ2v) is 7.29. The number of halogens is 1. The maximum Gasteiger partial charge on any atom is 0.194 e. The van der Waals surface area contributed by atoms with Gasteiger partial charge in [-0.1, -0.05) is 12.1 Å². The number of hydrogen-bond acceptors (Lipinski definition) is 4. The number of nitrogens with zero attached hydrogens (tertiary/aromatic N) is 3. The number of methoxy groups -OCH3 is 1. The summed E-state index contributed by atoms with van der Waals surface area (Å²) in [6.45, 7) is 4.82. The van der Waals surface area contributed by atoms with Gasteiger partial charge in [-0.05, 0) is 31.0 Å². The molecule has 2 heterocycles. The molecule has 1 fully saturated rings. The van der Waals surface area contributed by atoms with Gasteiger partial charge in [0.15, 0.2) is 5.96 Å². The summed E-state index contributed by atoms with van der Waals surface area (Å²) < 4.78 is 5.24. The zero-order chi connectivity index (χ0) is 16.9. The van der Waals surface area contributed by atoms with Gasteiger partial charge in [0.2, 0.25) is 0 Å².